The van der Waals surface area contributed by atoms with E-state index in [-0.39, 0.29) is 19.3 Å². The number of nitrogens with one attached hydrogen (secondary N) is 1. The first kappa shape index (κ1) is 12.9. The highest BCUT2D eigenvalue weighted by molar-refractivity contribution is 5.92. The average Bonchev–Trinajstić information content (AvgIpc) is 2.28. The van der Waals surface area contributed by atoms with E-state index >= 15 is 0 Å². The number of methoxy groups -OCH3 is 1. The molecular formula is C9H16N2O5. The molecule has 16 heavy (non-hydrogen) atoms. The summed E-state index contributed by atoms with van der Waals surface area (Å²) in [5, 5.41) is 11.0. The minimum absolute atomic E-state index is 0.0743. The minimum atomic E-state index is -0.767. The number of ether oxygens (including phenoxy) is 2. The predicted octanol–water partition coefficient (Wildman–Crippen LogP) is -1.44. The van der Waals surface area contributed by atoms with Crippen LogP contribution in [-0.2, 0) is 14.3 Å². The van der Waals surface area contributed by atoms with Crippen molar-refractivity contribution in [1.29, 1.82) is 0 Å². The SMILES string of the molecule is COC(=O)NC(=O)CN1CCOC(CO)C1. The van der Waals surface area contributed by atoms with Gasteiger partial charge in [0.15, 0.2) is 0 Å². The van der Waals surface area contributed by atoms with Gasteiger partial charge >= 0.3 is 6.09 Å². The van der Waals surface area contributed by atoms with Crippen LogP contribution in [0.2, 0.25) is 0 Å². The number of aliphatic hydroxyl groups excluding tert-OH is 1. The zero-order chi connectivity index (χ0) is 12.0. The van der Waals surface area contributed by atoms with Crippen LogP contribution >= 0.6 is 0 Å². The van der Waals surface area contributed by atoms with Gasteiger partial charge in [0, 0.05) is 13.1 Å². The lowest BCUT2D eigenvalue weighted by Gasteiger charge is -2.31. The van der Waals surface area contributed by atoms with Gasteiger partial charge in [0.05, 0.1) is 33.0 Å². The lowest BCUT2D eigenvalue weighted by Crippen LogP contribution is -2.48. The van der Waals surface area contributed by atoms with Gasteiger partial charge in [0.2, 0.25) is 5.91 Å². The molecule has 0 aromatic heterocycles. The van der Waals surface area contributed by atoms with Crippen LogP contribution < -0.4 is 5.32 Å². The molecule has 1 aliphatic rings. The first-order valence-electron chi connectivity index (χ1n) is 4.98. The fourth-order valence-electron chi connectivity index (χ4n) is 1.44. The van der Waals surface area contributed by atoms with Gasteiger partial charge in [-0.3, -0.25) is 15.0 Å². The minimum Gasteiger partial charge on any atom is -0.453 e. The predicted molar refractivity (Wildman–Crippen MR) is 53.8 cm³/mol. The van der Waals surface area contributed by atoms with Crippen molar-refractivity contribution < 1.29 is 24.2 Å². The molecule has 0 aromatic carbocycles. The summed E-state index contributed by atoms with van der Waals surface area (Å²) in [5.41, 5.74) is 0. The molecule has 0 saturated carbocycles. The van der Waals surface area contributed by atoms with Crippen molar-refractivity contribution in [3.05, 3.63) is 0 Å². The van der Waals surface area contributed by atoms with Crippen LogP contribution in [0, 0.1) is 0 Å². The van der Waals surface area contributed by atoms with Crippen molar-refractivity contribution in [2.24, 2.45) is 0 Å². The van der Waals surface area contributed by atoms with Gasteiger partial charge in [-0.05, 0) is 0 Å². The number of amides is 2. The largest absolute Gasteiger partial charge is 0.453 e. The number of nitrogens with zero attached hydrogens (tertiary/aromatic N) is 1. The molecule has 1 atom stereocenters. The molecule has 0 aromatic rings. The molecule has 1 saturated heterocycles. The van der Waals surface area contributed by atoms with Crippen molar-refractivity contribution in [2.45, 2.75) is 6.10 Å². The second-order valence-electron chi connectivity index (χ2n) is 3.45. The van der Waals surface area contributed by atoms with E-state index in [2.05, 4.69) is 10.1 Å². The third kappa shape index (κ3) is 4.13. The van der Waals surface area contributed by atoms with Gasteiger partial charge in [-0.1, -0.05) is 0 Å². The first-order chi connectivity index (χ1) is 7.65. The third-order valence-corrected chi connectivity index (χ3v) is 2.22. The van der Waals surface area contributed by atoms with Crippen LogP contribution in [0.5, 0.6) is 0 Å². The summed E-state index contributed by atoms with van der Waals surface area (Å²) in [4.78, 5) is 23.9. The Morgan fingerprint density at radius 1 is 1.62 bits per heavy atom. The summed E-state index contributed by atoms with van der Waals surface area (Å²) >= 11 is 0. The molecule has 7 heteroatoms. The van der Waals surface area contributed by atoms with Crippen LogP contribution in [-0.4, -0.2) is 68.1 Å². The smallest absolute Gasteiger partial charge is 0.413 e. The number of rotatable bonds is 3. The number of alkyl carbamates (subject to hydrolysis) is 1. The van der Waals surface area contributed by atoms with Crippen LogP contribution in [0.4, 0.5) is 4.79 Å². The monoisotopic (exact) mass is 232 g/mol. The van der Waals surface area contributed by atoms with Crippen molar-refractivity contribution in [1.82, 2.24) is 10.2 Å². The number of hydrogen-bond donors (Lipinski definition) is 2. The Hall–Kier alpha value is -1.18. The molecule has 92 valence electrons. The zero-order valence-electron chi connectivity index (χ0n) is 9.14. The summed E-state index contributed by atoms with van der Waals surface area (Å²) in [6.45, 7) is 1.57. The zero-order valence-corrected chi connectivity index (χ0v) is 9.14. The van der Waals surface area contributed by atoms with Gasteiger partial charge in [0.1, 0.15) is 0 Å². The quantitative estimate of drug-likeness (QED) is 0.619. The van der Waals surface area contributed by atoms with Crippen LogP contribution in [0.1, 0.15) is 0 Å². The molecule has 7 nitrogen and oxygen atoms in total. The van der Waals surface area contributed by atoms with Gasteiger partial charge in [-0.25, -0.2) is 4.79 Å². The molecule has 0 aliphatic carbocycles. The number of carbonyl (C=O) groups excluding carboxylic acids is 2. The number of hydrogen-bond acceptors (Lipinski definition) is 6. The van der Waals surface area contributed by atoms with Crippen LogP contribution in [0.25, 0.3) is 0 Å². The maximum atomic E-state index is 11.3. The molecule has 2 amide bonds. The molecule has 2 N–H and O–H groups in total. The van der Waals surface area contributed by atoms with Gasteiger partial charge in [0.25, 0.3) is 0 Å². The van der Waals surface area contributed by atoms with E-state index < -0.39 is 12.0 Å². The summed E-state index contributed by atoms with van der Waals surface area (Å²) in [6, 6.07) is 0. The third-order valence-electron chi connectivity index (χ3n) is 2.22. The first-order valence-corrected chi connectivity index (χ1v) is 4.98. The van der Waals surface area contributed by atoms with Crippen LogP contribution in [0.15, 0.2) is 0 Å². The lowest BCUT2D eigenvalue weighted by molar-refractivity contribution is -0.124. The second-order valence-corrected chi connectivity index (χ2v) is 3.45. The maximum absolute atomic E-state index is 11.3. The topological polar surface area (TPSA) is 88.1 Å². The molecule has 1 unspecified atom stereocenters. The highest BCUT2D eigenvalue weighted by Crippen LogP contribution is 2.03. The maximum Gasteiger partial charge on any atom is 0.413 e. The average molecular weight is 232 g/mol. The Bertz CT molecular complexity index is 258. The normalized spacial score (nSPS) is 21.5. The van der Waals surface area contributed by atoms with Crippen LogP contribution in [0.3, 0.4) is 0 Å². The highest BCUT2D eigenvalue weighted by Gasteiger charge is 2.22. The van der Waals surface area contributed by atoms with Gasteiger partial charge < -0.3 is 14.6 Å². The van der Waals surface area contributed by atoms with E-state index in [1.54, 1.807) is 0 Å². The van der Waals surface area contributed by atoms with E-state index in [0.29, 0.717) is 19.7 Å². The summed E-state index contributed by atoms with van der Waals surface area (Å²) < 4.78 is 9.52. The molecule has 1 rings (SSSR count). The molecule has 1 aliphatic heterocycles. The number of carbonyl (C=O) groups is 2. The molecule has 0 spiro atoms. The van der Waals surface area contributed by atoms with E-state index in [1.165, 1.54) is 7.11 Å². The van der Waals surface area contributed by atoms with Gasteiger partial charge in [-0.15, -0.1) is 0 Å². The Morgan fingerprint density at radius 2 is 2.38 bits per heavy atom. The molecule has 0 bridgehead atoms. The van der Waals surface area contributed by atoms with E-state index in [1.807, 2.05) is 4.90 Å². The summed E-state index contributed by atoms with van der Waals surface area (Å²) in [5.74, 6) is -0.426. The second kappa shape index (κ2) is 6.41. The van der Waals surface area contributed by atoms with Crippen molar-refractivity contribution in [3.63, 3.8) is 0 Å². The Labute approximate surface area is 93.3 Å². The Kier molecular flexibility index (Phi) is 5.17. The van der Waals surface area contributed by atoms with E-state index in [4.69, 9.17) is 9.84 Å². The number of morpholine rings is 1. The van der Waals surface area contributed by atoms with Crippen molar-refractivity contribution in [2.75, 3.05) is 40.0 Å². The van der Waals surface area contributed by atoms with E-state index in [0.717, 1.165) is 0 Å². The molecule has 1 heterocycles. The molecule has 0 radical (unpaired) electrons. The number of imide groups is 1. The fourth-order valence-corrected chi connectivity index (χ4v) is 1.44. The van der Waals surface area contributed by atoms with Gasteiger partial charge in [-0.2, -0.15) is 0 Å². The number of aliphatic hydroxyl groups is 1. The molecular weight excluding hydrogens is 216 g/mol. The van der Waals surface area contributed by atoms with E-state index in [9.17, 15) is 9.59 Å². The van der Waals surface area contributed by atoms with Crippen molar-refractivity contribution >= 4 is 12.0 Å². The lowest BCUT2D eigenvalue weighted by atomic mass is 10.3. The standard InChI is InChI=1S/C9H16N2O5/c1-15-9(14)10-8(13)5-11-2-3-16-7(4-11)6-12/h7,12H,2-6H2,1H3,(H,10,13,14). The highest BCUT2D eigenvalue weighted by atomic mass is 16.5. The van der Waals surface area contributed by atoms with Crippen molar-refractivity contribution in [3.8, 4) is 0 Å². The summed E-state index contributed by atoms with van der Waals surface area (Å²) in [7, 11) is 1.19. The molecule has 1 fully saturated rings. The Morgan fingerprint density at radius 3 is 3.00 bits per heavy atom. The summed E-state index contributed by atoms with van der Waals surface area (Å²) in [6.07, 6.45) is -1.03. The fraction of sp³-hybridized carbons (Fsp3) is 0.778. The Balaban J connectivity index is 2.30.